The van der Waals surface area contributed by atoms with E-state index in [1.807, 2.05) is 6.07 Å². The van der Waals surface area contributed by atoms with Gasteiger partial charge < -0.3 is 15.6 Å². The first-order valence-corrected chi connectivity index (χ1v) is 8.55. The summed E-state index contributed by atoms with van der Waals surface area (Å²) < 4.78 is 5.20. The van der Waals surface area contributed by atoms with Crippen molar-refractivity contribution in [2.24, 2.45) is 0 Å². The van der Waals surface area contributed by atoms with E-state index in [1.165, 1.54) is 0 Å². The molecule has 108 valence electrons. The molecule has 0 aliphatic carbocycles. The Morgan fingerprint density at radius 3 is 2.05 bits per heavy atom. The van der Waals surface area contributed by atoms with Gasteiger partial charge in [-0.15, -0.1) is 5.54 Å². The summed E-state index contributed by atoms with van der Waals surface area (Å²) in [5.74, 6) is 0.712. The molecule has 0 saturated heterocycles. The Morgan fingerprint density at radius 2 is 1.63 bits per heavy atom. The third-order valence-corrected chi connectivity index (χ3v) is 7.62. The first-order valence-electron chi connectivity index (χ1n) is 6.82. The first-order chi connectivity index (χ1) is 8.79. The molecule has 0 aliphatic rings. The highest BCUT2D eigenvalue weighted by atomic mass is 28.3. The van der Waals surface area contributed by atoms with Crippen LogP contribution in [0.1, 0.15) is 45.7 Å². The summed E-state index contributed by atoms with van der Waals surface area (Å²) in [6, 6.07) is 3.56. The Labute approximate surface area is 118 Å². The summed E-state index contributed by atoms with van der Waals surface area (Å²) in [5, 5.41) is 10.3. The van der Waals surface area contributed by atoms with Crippen LogP contribution in [-0.4, -0.2) is 21.0 Å². The lowest BCUT2D eigenvalue weighted by molar-refractivity contribution is 0.370. The predicted octanol–water partition coefficient (Wildman–Crippen LogP) is 3.94. The summed E-state index contributed by atoms with van der Waals surface area (Å²) in [4.78, 5) is 0. The third-order valence-electron chi connectivity index (χ3n) is 3.65. The highest BCUT2D eigenvalue weighted by Gasteiger charge is 2.18. The number of hydrogen-bond donors (Lipinski definition) is 2. The van der Waals surface area contributed by atoms with Gasteiger partial charge in [0.1, 0.15) is 0 Å². The summed E-state index contributed by atoms with van der Waals surface area (Å²) in [6.07, 6.45) is 0. The van der Waals surface area contributed by atoms with Crippen LogP contribution in [0.15, 0.2) is 12.1 Å². The van der Waals surface area contributed by atoms with E-state index in [1.54, 1.807) is 13.2 Å². The standard InChI is InChI=1S/C15H26NO2Si/c1-9(2)19(10(3)4)11(5)13-7-12(16)8-14(18-6)15(13)17/h7-11,17H,16H2,1-6H3/q-1. The Hall–Kier alpha value is -1.16. The molecule has 19 heavy (non-hydrogen) atoms. The van der Waals surface area contributed by atoms with Gasteiger partial charge in [-0.1, -0.05) is 34.6 Å². The lowest BCUT2D eigenvalue weighted by Crippen LogP contribution is -2.28. The van der Waals surface area contributed by atoms with E-state index in [2.05, 4.69) is 34.6 Å². The molecule has 1 atom stereocenters. The molecule has 0 saturated carbocycles. The van der Waals surface area contributed by atoms with Gasteiger partial charge in [-0.05, 0) is 11.6 Å². The van der Waals surface area contributed by atoms with Crippen molar-refractivity contribution in [2.45, 2.75) is 51.2 Å². The van der Waals surface area contributed by atoms with Crippen molar-refractivity contribution in [1.82, 2.24) is 0 Å². The van der Waals surface area contributed by atoms with Gasteiger partial charge in [-0.25, -0.2) is 8.80 Å². The lowest BCUT2D eigenvalue weighted by Gasteiger charge is -2.44. The number of anilines is 1. The van der Waals surface area contributed by atoms with Crippen LogP contribution < -0.4 is 10.5 Å². The molecule has 1 aromatic rings. The molecule has 1 unspecified atom stereocenters. The fraction of sp³-hybridized carbons (Fsp3) is 0.600. The first kappa shape index (κ1) is 15.9. The topological polar surface area (TPSA) is 55.5 Å². The Kier molecular flexibility index (Phi) is 5.29. The Balaban J connectivity index is 3.24. The average molecular weight is 280 g/mol. The van der Waals surface area contributed by atoms with Crippen LogP contribution in [0.3, 0.4) is 0 Å². The maximum absolute atomic E-state index is 10.3. The molecular formula is C15H26NO2Si-. The summed E-state index contributed by atoms with van der Waals surface area (Å²) in [5.41, 5.74) is 9.11. The molecule has 0 aromatic heterocycles. The number of ether oxygens (including phenoxy) is 1. The zero-order valence-electron chi connectivity index (χ0n) is 12.8. The van der Waals surface area contributed by atoms with Gasteiger partial charge in [-0.2, -0.15) is 11.1 Å². The van der Waals surface area contributed by atoms with E-state index in [9.17, 15) is 5.11 Å². The predicted molar refractivity (Wildman–Crippen MR) is 83.4 cm³/mol. The molecule has 3 nitrogen and oxygen atoms in total. The van der Waals surface area contributed by atoms with E-state index < -0.39 is 8.80 Å². The van der Waals surface area contributed by atoms with E-state index in [0.29, 0.717) is 28.1 Å². The van der Waals surface area contributed by atoms with Gasteiger partial charge in [0.2, 0.25) is 0 Å². The van der Waals surface area contributed by atoms with Crippen molar-refractivity contribution in [2.75, 3.05) is 12.8 Å². The number of benzene rings is 1. The number of phenols is 1. The number of hydrogen-bond acceptors (Lipinski definition) is 3. The van der Waals surface area contributed by atoms with Crippen molar-refractivity contribution in [3.05, 3.63) is 17.7 Å². The summed E-state index contributed by atoms with van der Waals surface area (Å²) >= 11 is 0. The van der Waals surface area contributed by atoms with E-state index in [4.69, 9.17) is 10.5 Å². The number of phenolic OH excluding ortho intramolecular Hbond substituents is 1. The molecule has 0 bridgehead atoms. The van der Waals surface area contributed by atoms with Gasteiger partial charge in [0.25, 0.3) is 0 Å². The van der Waals surface area contributed by atoms with Crippen molar-refractivity contribution >= 4 is 14.5 Å². The van der Waals surface area contributed by atoms with E-state index in [0.717, 1.165) is 5.56 Å². The quantitative estimate of drug-likeness (QED) is 0.488. The number of nitrogen functional groups attached to an aromatic ring is 1. The SMILES string of the molecule is COc1cc(N)cc(C(C)[Si-](C(C)C)C(C)C)c1O. The minimum absolute atomic E-state index is 0.244. The second-order valence-electron chi connectivity index (χ2n) is 5.69. The zero-order valence-corrected chi connectivity index (χ0v) is 13.8. The van der Waals surface area contributed by atoms with Crippen LogP contribution in [0.5, 0.6) is 11.5 Å². The molecule has 1 rings (SSSR count). The average Bonchev–Trinajstić information content (AvgIpc) is 2.30. The highest BCUT2D eigenvalue weighted by molar-refractivity contribution is 6.63. The molecule has 0 spiro atoms. The third kappa shape index (κ3) is 3.44. The van der Waals surface area contributed by atoms with Crippen LogP contribution in [0.25, 0.3) is 0 Å². The minimum Gasteiger partial charge on any atom is -0.504 e. The maximum Gasteiger partial charge on any atom is 0.162 e. The van der Waals surface area contributed by atoms with Crippen LogP contribution in [-0.2, 0) is 0 Å². The molecule has 0 radical (unpaired) electrons. The Bertz CT molecular complexity index is 424. The van der Waals surface area contributed by atoms with Gasteiger partial charge >= 0.3 is 0 Å². The molecule has 0 fully saturated rings. The summed E-state index contributed by atoms with van der Waals surface area (Å²) in [6.45, 7) is 11.3. The van der Waals surface area contributed by atoms with Crippen LogP contribution in [0, 0.1) is 0 Å². The zero-order chi connectivity index (χ0) is 14.7. The smallest absolute Gasteiger partial charge is 0.162 e. The molecular weight excluding hydrogens is 254 g/mol. The van der Waals surface area contributed by atoms with Crippen LogP contribution in [0.4, 0.5) is 5.69 Å². The lowest BCUT2D eigenvalue weighted by atomic mass is 10.1. The van der Waals surface area contributed by atoms with Crippen molar-refractivity contribution in [3.8, 4) is 11.5 Å². The van der Waals surface area contributed by atoms with Crippen LogP contribution >= 0.6 is 0 Å². The minimum atomic E-state index is -0.643. The molecule has 1 aromatic carbocycles. The monoisotopic (exact) mass is 280 g/mol. The number of nitrogens with two attached hydrogens (primary N) is 1. The molecule has 3 N–H and O–H groups in total. The fourth-order valence-corrected chi connectivity index (χ4v) is 6.90. The van der Waals surface area contributed by atoms with Gasteiger partial charge in [0.05, 0.1) is 7.11 Å². The van der Waals surface area contributed by atoms with Gasteiger partial charge in [0, 0.05) is 11.8 Å². The second-order valence-corrected chi connectivity index (χ2v) is 9.87. The molecule has 0 aliphatic heterocycles. The van der Waals surface area contributed by atoms with E-state index in [-0.39, 0.29) is 5.75 Å². The van der Waals surface area contributed by atoms with Gasteiger partial charge in [-0.3, -0.25) is 0 Å². The number of rotatable bonds is 5. The van der Waals surface area contributed by atoms with Crippen molar-refractivity contribution in [3.63, 3.8) is 0 Å². The van der Waals surface area contributed by atoms with Crippen molar-refractivity contribution in [1.29, 1.82) is 0 Å². The van der Waals surface area contributed by atoms with Crippen LogP contribution in [0.2, 0.25) is 11.1 Å². The summed E-state index contributed by atoms with van der Waals surface area (Å²) in [7, 11) is 0.912. The van der Waals surface area contributed by atoms with Crippen molar-refractivity contribution < 1.29 is 9.84 Å². The largest absolute Gasteiger partial charge is 0.504 e. The molecule has 0 heterocycles. The fourth-order valence-electron chi connectivity index (χ4n) is 2.98. The van der Waals surface area contributed by atoms with Gasteiger partial charge in [0.15, 0.2) is 11.5 Å². The maximum atomic E-state index is 10.3. The normalized spacial score (nSPS) is 13.3. The number of aromatic hydroxyl groups is 1. The molecule has 4 heteroatoms. The number of methoxy groups -OCH3 is 1. The van der Waals surface area contributed by atoms with E-state index >= 15 is 0 Å². The Morgan fingerprint density at radius 1 is 1.11 bits per heavy atom. The second kappa shape index (κ2) is 6.33. The molecule has 0 amide bonds. The highest BCUT2D eigenvalue weighted by Crippen LogP contribution is 2.41.